The van der Waals surface area contributed by atoms with Crippen molar-refractivity contribution in [3.63, 3.8) is 0 Å². The second-order valence-electron chi connectivity index (χ2n) is 4.27. The van der Waals surface area contributed by atoms with Gasteiger partial charge in [0, 0.05) is 18.2 Å². The van der Waals surface area contributed by atoms with Crippen LogP contribution in [0.3, 0.4) is 0 Å². The Hall–Kier alpha value is 0.340. The molecule has 12 heavy (non-hydrogen) atoms. The first kappa shape index (κ1) is 8.92. The van der Waals surface area contributed by atoms with E-state index >= 15 is 0 Å². The van der Waals surface area contributed by atoms with Gasteiger partial charge in [-0.05, 0) is 30.6 Å². The van der Waals surface area contributed by atoms with E-state index in [2.05, 4.69) is 15.9 Å². The van der Waals surface area contributed by atoms with Crippen molar-refractivity contribution in [3.05, 3.63) is 0 Å². The second-order valence-corrected chi connectivity index (χ2v) is 4.92. The Morgan fingerprint density at radius 3 is 2.17 bits per heavy atom. The molecule has 2 rings (SSSR count). The summed E-state index contributed by atoms with van der Waals surface area (Å²) in [5, 5.41) is 0.999. The van der Waals surface area contributed by atoms with Crippen LogP contribution in [0.4, 0.5) is 8.78 Å². The summed E-state index contributed by atoms with van der Waals surface area (Å²) in [6.45, 7) is 0. The van der Waals surface area contributed by atoms with Crippen LogP contribution in [0.2, 0.25) is 0 Å². The molecule has 3 heteroatoms. The molecule has 1 spiro atoms. The van der Waals surface area contributed by atoms with E-state index in [0.717, 1.165) is 18.2 Å². The topological polar surface area (TPSA) is 0 Å². The largest absolute Gasteiger partial charge is 0.248 e. The van der Waals surface area contributed by atoms with Gasteiger partial charge in [0.25, 0.3) is 0 Å². The Morgan fingerprint density at radius 1 is 1.17 bits per heavy atom. The van der Waals surface area contributed by atoms with Gasteiger partial charge in [0.15, 0.2) is 0 Å². The van der Waals surface area contributed by atoms with Gasteiger partial charge in [0.1, 0.15) is 0 Å². The molecule has 0 saturated heterocycles. The summed E-state index contributed by atoms with van der Waals surface area (Å²) in [6, 6.07) is 0. The summed E-state index contributed by atoms with van der Waals surface area (Å²) in [5.74, 6) is -1.67. The summed E-state index contributed by atoms with van der Waals surface area (Å²) in [6.07, 6.45) is 2.91. The molecule has 1 atom stereocenters. The Balaban J connectivity index is 1.92. The minimum Gasteiger partial charge on any atom is -0.207 e. The van der Waals surface area contributed by atoms with Crippen LogP contribution in [0.1, 0.15) is 32.1 Å². The van der Waals surface area contributed by atoms with Crippen LogP contribution in [0.15, 0.2) is 0 Å². The zero-order valence-electron chi connectivity index (χ0n) is 6.95. The first-order chi connectivity index (χ1) is 5.58. The number of hydrogen-bond acceptors (Lipinski definition) is 0. The molecule has 1 unspecified atom stereocenters. The molecule has 0 aromatic rings. The summed E-state index contributed by atoms with van der Waals surface area (Å²) < 4.78 is 25.6. The van der Waals surface area contributed by atoms with Gasteiger partial charge < -0.3 is 0 Å². The van der Waals surface area contributed by atoms with Gasteiger partial charge >= 0.3 is 0 Å². The van der Waals surface area contributed by atoms with Crippen molar-refractivity contribution in [2.75, 3.05) is 5.33 Å². The fourth-order valence-corrected chi connectivity index (χ4v) is 3.29. The average Bonchev–Trinajstić information content (AvgIpc) is 2.72. The minimum absolute atomic E-state index is 0.122. The molecule has 70 valence electrons. The average molecular weight is 239 g/mol. The molecule has 2 saturated carbocycles. The van der Waals surface area contributed by atoms with E-state index in [0.29, 0.717) is 11.3 Å². The first-order valence-corrected chi connectivity index (χ1v) is 5.64. The van der Waals surface area contributed by atoms with Crippen molar-refractivity contribution in [2.24, 2.45) is 11.3 Å². The van der Waals surface area contributed by atoms with Crippen molar-refractivity contribution in [3.8, 4) is 0 Å². The SMILES string of the molecule is FC1(F)CCC2(CC1)CC2CBr. The van der Waals surface area contributed by atoms with Crippen LogP contribution in [0.25, 0.3) is 0 Å². The van der Waals surface area contributed by atoms with Crippen molar-refractivity contribution in [1.29, 1.82) is 0 Å². The van der Waals surface area contributed by atoms with Crippen LogP contribution in [-0.2, 0) is 0 Å². The molecule has 0 N–H and O–H groups in total. The molecule has 0 aromatic heterocycles. The smallest absolute Gasteiger partial charge is 0.207 e. The number of rotatable bonds is 1. The summed E-state index contributed by atoms with van der Waals surface area (Å²) >= 11 is 3.43. The molecule has 0 radical (unpaired) electrons. The fraction of sp³-hybridized carbons (Fsp3) is 1.00. The third-order valence-electron chi connectivity index (χ3n) is 3.52. The van der Waals surface area contributed by atoms with Crippen molar-refractivity contribution < 1.29 is 8.78 Å². The molecule has 0 bridgehead atoms. The van der Waals surface area contributed by atoms with Gasteiger partial charge in [-0.15, -0.1) is 0 Å². The van der Waals surface area contributed by atoms with Crippen molar-refractivity contribution in [2.45, 2.75) is 38.0 Å². The molecule has 2 fully saturated rings. The molecule has 0 nitrogen and oxygen atoms in total. The van der Waals surface area contributed by atoms with E-state index in [1.54, 1.807) is 0 Å². The fourth-order valence-electron chi connectivity index (χ4n) is 2.38. The lowest BCUT2D eigenvalue weighted by Crippen LogP contribution is -2.26. The Bertz CT molecular complexity index is 181. The third-order valence-corrected chi connectivity index (χ3v) is 4.30. The molecule has 2 aliphatic rings. The van der Waals surface area contributed by atoms with Crippen molar-refractivity contribution in [1.82, 2.24) is 0 Å². The van der Waals surface area contributed by atoms with E-state index in [1.807, 2.05) is 0 Å². The lowest BCUT2D eigenvalue weighted by Gasteiger charge is -2.29. The lowest BCUT2D eigenvalue weighted by molar-refractivity contribution is -0.0513. The maximum atomic E-state index is 12.8. The zero-order chi connectivity index (χ0) is 8.82. The molecular formula is C9H13BrF2. The van der Waals surface area contributed by atoms with Crippen LogP contribution in [-0.4, -0.2) is 11.3 Å². The van der Waals surface area contributed by atoms with E-state index in [1.165, 1.54) is 6.42 Å². The highest BCUT2D eigenvalue weighted by molar-refractivity contribution is 9.09. The van der Waals surface area contributed by atoms with Gasteiger partial charge in [-0.3, -0.25) is 0 Å². The first-order valence-electron chi connectivity index (χ1n) is 4.52. The summed E-state index contributed by atoms with van der Waals surface area (Å²) in [4.78, 5) is 0. The number of hydrogen-bond donors (Lipinski definition) is 0. The zero-order valence-corrected chi connectivity index (χ0v) is 8.54. The lowest BCUT2D eigenvalue weighted by atomic mass is 9.82. The normalized spacial score (nSPS) is 36.8. The van der Waals surface area contributed by atoms with Crippen LogP contribution < -0.4 is 0 Å². The molecule has 0 heterocycles. The second kappa shape index (κ2) is 2.66. The third kappa shape index (κ3) is 1.40. The van der Waals surface area contributed by atoms with E-state index in [9.17, 15) is 8.78 Å². The highest BCUT2D eigenvalue weighted by Crippen LogP contribution is 2.63. The van der Waals surface area contributed by atoms with Gasteiger partial charge in [0.05, 0.1) is 0 Å². The molecule has 0 aliphatic heterocycles. The highest BCUT2D eigenvalue weighted by Gasteiger charge is 2.56. The molecule has 2 aliphatic carbocycles. The van der Waals surface area contributed by atoms with Crippen LogP contribution in [0.5, 0.6) is 0 Å². The van der Waals surface area contributed by atoms with E-state index in [-0.39, 0.29) is 12.8 Å². The quantitative estimate of drug-likeness (QED) is 0.613. The maximum Gasteiger partial charge on any atom is 0.248 e. The maximum absolute atomic E-state index is 12.8. The summed E-state index contributed by atoms with van der Waals surface area (Å²) in [5.41, 5.74) is 0.325. The van der Waals surface area contributed by atoms with Crippen LogP contribution >= 0.6 is 15.9 Å². The Labute approximate surface area is 79.8 Å². The Kier molecular flexibility index (Phi) is 1.98. The van der Waals surface area contributed by atoms with E-state index in [4.69, 9.17) is 0 Å². The molecule has 0 aromatic carbocycles. The monoisotopic (exact) mass is 238 g/mol. The molecular weight excluding hydrogens is 226 g/mol. The van der Waals surface area contributed by atoms with Gasteiger partial charge in [-0.1, -0.05) is 15.9 Å². The number of alkyl halides is 3. The predicted octanol–water partition coefficient (Wildman–Crippen LogP) is 3.60. The minimum atomic E-state index is -2.36. The predicted molar refractivity (Wildman–Crippen MR) is 47.7 cm³/mol. The van der Waals surface area contributed by atoms with Gasteiger partial charge in [-0.25, -0.2) is 8.78 Å². The Morgan fingerprint density at radius 2 is 1.75 bits per heavy atom. The van der Waals surface area contributed by atoms with Gasteiger partial charge in [0.2, 0.25) is 5.92 Å². The standard InChI is InChI=1S/C9H13BrF2/c10-6-7-5-8(7)1-3-9(11,12)4-2-8/h7H,1-6H2. The van der Waals surface area contributed by atoms with E-state index < -0.39 is 5.92 Å². The van der Waals surface area contributed by atoms with Crippen molar-refractivity contribution >= 4 is 15.9 Å². The highest BCUT2D eigenvalue weighted by atomic mass is 79.9. The van der Waals surface area contributed by atoms with Crippen LogP contribution in [0, 0.1) is 11.3 Å². The van der Waals surface area contributed by atoms with Gasteiger partial charge in [-0.2, -0.15) is 0 Å². The summed E-state index contributed by atoms with van der Waals surface area (Å²) in [7, 11) is 0. The molecule has 0 amide bonds. The number of halogens is 3.